The molecule has 1 aliphatic heterocycles. The highest BCUT2D eigenvalue weighted by atomic mass is 16.2. The lowest BCUT2D eigenvalue weighted by Crippen LogP contribution is -2.39. The maximum Gasteiger partial charge on any atom is 0.240 e. The first-order valence-corrected chi connectivity index (χ1v) is 6.87. The highest BCUT2D eigenvalue weighted by molar-refractivity contribution is 5.84. The van der Waals surface area contributed by atoms with Crippen LogP contribution in [-0.2, 0) is 11.2 Å². The van der Waals surface area contributed by atoms with Crippen molar-refractivity contribution in [3.63, 3.8) is 0 Å². The SMILES string of the molecule is CNC1CCN(C2CCCc3ccccc32)C1=O. The number of aryl methyl sites for hydroxylation is 1. The summed E-state index contributed by atoms with van der Waals surface area (Å²) in [6, 6.07) is 8.92. The molecule has 1 amide bonds. The van der Waals surface area contributed by atoms with Crippen molar-refractivity contribution in [2.24, 2.45) is 0 Å². The van der Waals surface area contributed by atoms with E-state index in [1.54, 1.807) is 0 Å². The molecule has 18 heavy (non-hydrogen) atoms. The molecule has 1 aliphatic carbocycles. The van der Waals surface area contributed by atoms with Crippen molar-refractivity contribution in [3.05, 3.63) is 35.4 Å². The standard InChI is InChI=1S/C15H20N2O/c1-16-13-9-10-17(15(13)18)14-8-4-6-11-5-2-3-7-12(11)14/h2-3,5,7,13-14,16H,4,6,8-10H2,1H3. The highest BCUT2D eigenvalue weighted by Crippen LogP contribution is 2.36. The van der Waals surface area contributed by atoms with Crippen LogP contribution in [0.5, 0.6) is 0 Å². The Kier molecular flexibility index (Phi) is 3.08. The molecule has 1 aromatic carbocycles. The van der Waals surface area contributed by atoms with Gasteiger partial charge in [0.1, 0.15) is 0 Å². The molecule has 3 rings (SSSR count). The summed E-state index contributed by atoms with van der Waals surface area (Å²) in [5.74, 6) is 0.277. The molecular formula is C15H20N2O. The van der Waals surface area contributed by atoms with Gasteiger partial charge in [-0.1, -0.05) is 24.3 Å². The van der Waals surface area contributed by atoms with Crippen LogP contribution in [0.4, 0.5) is 0 Å². The van der Waals surface area contributed by atoms with Gasteiger partial charge in [0.25, 0.3) is 0 Å². The summed E-state index contributed by atoms with van der Waals surface area (Å²) in [5.41, 5.74) is 2.79. The number of benzene rings is 1. The van der Waals surface area contributed by atoms with Gasteiger partial charge in [0, 0.05) is 6.54 Å². The van der Waals surface area contributed by atoms with Gasteiger partial charge in [-0.2, -0.15) is 0 Å². The van der Waals surface area contributed by atoms with Crippen LogP contribution in [-0.4, -0.2) is 30.4 Å². The molecule has 2 aliphatic rings. The van der Waals surface area contributed by atoms with Crippen molar-refractivity contribution in [1.29, 1.82) is 0 Å². The van der Waals surface area contributed by atoms with Crippen molar-refractivity contribution in [2.45, 2.75) is 37.8 Å². The van der Waals surface area contributed by atoms with Crippen LogP contribution in [0.25, 0.3) is 0 Å². The van der Waals surface area contributed by atoms with Crippen LogP contribution in [0.1, 0.15) is 36.4 Å². The molecule has 2 atom stereocenters. The molecule has 1 heterocycles. The summed E-state index contributed by atoms with van der Waals surface area (Å²) in [6.45, 7) is 0.892. The molecule has 1 aromatic rings. The van der Waals surface area contributed by atoms with E-state index in [0.717, 1.165) is 25.8 Å². The zero-order chi connectivity index (χ0) is 12.5. The van der Waals surface area contributed by atoms with Gasteiger partial charge in [0.15, 0.2) is 0 Å². The summed E-state index contributed by atoms with van der Waals surface area (Å²) < 4.78 is 0. The molecule has 1 saturated heterocycles. The van der Waals surface area contributed by atoms with E-state index in [1.165, 1.54) is 17.5 Å². The number of rotatable bonds is 2. The van der Waals surface area contributed by atoms with Crippen molar-refractivity contribution in [2.75, 3.05) is 13.6 Å². The van der Waals surface area contributed by atoms with E-state index in [1.807, 2.05) is 7.05 Å². The normalized spacial score (nSPS) is 27.4. The maximum absolute atomic E-state index is 12.3. The fraction of sp³-hybridized carbons (Fsp3) is 0.533. The number of amides is 1. The van der Waals surface area contributed by atoms with Gasteiger partial charge >= 0.3 is 0 Å². The number of hydrogen-bond acceptors (Lipinski definition) is 2. The largest absolute Gasteiger partial charge is 0.334 e. The lowest BCUT2D eigenvalue weighted by atomic mass is 9.87. The minimum atomic E-state index is 0.0269. The Hall–Kier alpha value is -1.35. The highest BCUT2D eigenvalue weighted by Gasteiger charge is 2.36. The summed E-state index contributed by atoms with van der Waals surface area (Å²) in [4.78, 5) is 14.4. The molecule has 2 unspecified atom stereocenters. The summed E-state index contributed by atoms with van der Waals surface area (Å²) >= 11 is 0. The quantitative estimate of drug-likeness (QED) is 0.861. The smallest absolute Gasteiger partial charge is 0.240 e. The fourth-order valence-electron chi connectivity index (χ4n) is 3.33. The van der Waals surface area contributed by atoms with Crippen LogP contribution >= 0.6 is 0 Å². The first kappa shape index (κ1) is 11.7. The van der Waals surface area contributed by atoms with E-state index in [4.69, 9.17) is 0 Å². The number of likely N-dealkylation sites (N-methyl/N-ethyl adjacent to an activating group) is 1. The average Bonchev–Trinajstić information content (AvgIpc) is 2.79. The van der Waals surface area contributed by atoms with Gasteiger partial charge in [-0.15, -0.1) is 0 Å². The lowest BCUT2D eigenvalue weighted by molar-refractivity contribution is -0.131. The fourth-order valence-corrected chi connectivity index (χ4v) is 3.33. The molecule has 3 heteroatoms. The van der Waals surface area contributed by atoms with E-state index < -0.39 is 0 Å². The van der Waals surface area contributed by atoms with E-state index in [-0.39, 0.29) is 11.9 Å². The minimum absolute atomic E-state index is 0.0269. The average molecular weight is 244 g/mol. The Labute approximate surface area is 108 Å². The zero-order valence-electron chi connectivity index (χ0n) is 10.9. The first-order chi connectivity index (χ1) is 8.81. The van der Waals surface area contributed by atoms with E-state index >= 15 is 0 Å². The molecule has 96 valence electrons. The summed E-state index contributed by atoms with van der Waals surface area (Å²) in [6.07, 6.45) is 4.40. The molecule has 0 bridgehead atoms. The Balaban J connectivity index is 1.88. The van der Waals surface area contributed by atoms with Crippen molar-refractivity contribution in [1.82, 2.24) is 10.2 Å². The van der Waals surface area contributed by atoms with E-state index in [0.29, 0.717) is 6.04 Å². The van der Waals surface area contributed by atoms with Crippen molar-refractivity contribution in [3.8, 4) is 0 Å². The molecule has 0 spiro atoms. The second-order valence-corrected chi connectivity index (χ2v) is 5.27. The predicted molar refractivity (Wildman–Crippen MR) is 71.3 cm³/mol. The molecule has 0 aromatic heterocycles. The number of likely N-dealkylation sites (tertiary alicyclic amines) is 1. The number of carbonyl (C=O) groups is 1. The third kappa shape index (κ3) is 1.83. The molecule has 0 saturated carbocycles. The predicted octanol–water partition coefficient (Wildman–Crippen LogP) is 1.88. The van der Waals surface area contributed by atoms with Crippen LogP contribution < -0.4 is 5.32 Å². The van der Waals surface area contributed by atoms with Gasteiger partial charge in [-0.3, -0.25) is 4.79 Å². The number of fused-ring (bicyclic) bond motifs is 1. The Morgan fingerprint density at radius 3 is 2.89 bits per heavy atom. The second kappa shape index (κ2) is 4.73. The molecular weight excluding hydrogens is 224 g/mol. The topological polar surface area (TPSA) is 32.3 Å². The molecule has 3 nitrogen and oxygen atoms in total. The van der Waals surface area contributed by atoms with Gasteiger partial charge in [0.05, 0.1) is 12.1 Å². The third-order valence-electron chi connectivity index (χ3n) is 4.30. The van der Waals surface area contributed by atoms with Crippen LogP contribution in [0.15, 0.2) is 24.3 Å². The van der Waals surface area contributed by atoms with Gasteiger partial charge in [0.2, 0.25) is 5.91 Å². The number of nitrogens with zero attached hydrogens (tertiary/aromatic N) is 1. The zero-order valence-corrected chi connectivity index (χ0v) is 10.9. The van der Waals surface area contributed by atoms with Crippen LogP contribution in [0.2, 0.25) is 0 Å². The number of nitrogens with one attached hydrogen (secondary N) is 1. The van der Waals surface area contributed by atoms with Crippen molar-refractivity contribution < 1.29 is 4.79 Å². The van der Waals surface area contributed by atoms with Gasteiger partial charge in [-0.25, -0.2) is 0 Å². The van der Waals surface area contributed by atoms with E-state index in [9.17, 15) is 4.79 Å². The van der Waals surface area contributed by atoms with Gasteiger partial charge in [-0.05, 0) is 43.9 Å². The third-order valence-corrected chi connectivity index (χ3v) is 4.30. The van der Waals surface area contributed by atoms with Crippen LogP contribution in [0.3, 0.4) is 0 Å². The summed E-state index contributed by atoms with van der Waals surface area (Å²) in [7, 11) is 1.88. The molecule has 1 N–H and O–H groups in total. The molecule has 0 radical (unpaired) electrons. The Bertz CT molecular complexity index is 458. The van der Waals surface area contributed by atoms with Crippen LogP contribution in [0, 0.1) is 0 Å². The van der Waals surface area contributed by atoms with E-state index in [2.05, 4.69) is 34.5 Å². The number of hydrogen-bond donors (Lipinski definition) is 1. The Morgan fingerprint density at radius 2 is 2.11 bits per heavy atom. The lowest BCUT2D eigenvalue weighted by Gasteiger charge is -2.33. The maximum atomic E-state index is 12.3. The van der Waals surface area contributed by atoms with Crippen molar-refractivity contribution >= 4 is 5.91 Å². The monoisotopic (exact) mass is 244 g/mol. The minimum Gasteiger partial charge on any atom is -0.334 e. The summed E-state index contributed by atoms with van der Waals surface area (Å²) in [5, 5.41) is 3.12. The molecule has 1 fully saturated rings. The Morgan fingerprint density at radius 1 is 1.28 bits per heavy atom. The first-order valence-electron chi connectivity index (χ1n) is 6.87. The number of carbonyl (C=O) groups excluding carboxylic acids is 1. The van der Waals surface area contributed by atoms with Gasteiger partial charge < -0.3 is 10.2 Å². The second-order valence-electron chi connectivity index (χ2n) is 5.27.